The lowest BCUT2D eigenvalue weighted by Crippen LogP contribution is -2.51. The van der Waals surface area contributed by atoms with Crippen LogP contribution in [0.3, 0.4) is 0 Å². The SMILES string of the molecule is CC(C)CN(C[C@@H](O)[C@H](Cc1ccccc1)NC(=O)OCc1ccccc1)S(=O)(=O)c1cccc2nc(N)sc12. The van der Waals surface area contributed by atoms with Crippen LogP contribution in [0.5, 0.6) is 0 Å². The van der Waals surface area contributed by atoms with E-state index in [4.69, 9.17) is 10.5 Å². The fraction of sp³-hybridized carbons (Fsp3) is 0.310. The Morgan fingerprint density at radius 2 is 1.65 bits per heavy atom. The third-order valence-corrected chi connectivity index (χ3v) is 9.19. The number of thiazole rings is 1. The molecule has 0 aliphatic rings. The van der Waals surface area contributed by atoms with Crippen molar-refractivity contribution in [2.45, 2.75) is 43.9 Å². The van der Waals surface area contributed by atoms with Gasteiger partial charge in [0.25, 0.3) is 0 Å². The summed E-state index contributed by atoms with van der Waals surface area (Å²) in [7, 11) is -4.04. The maximum atomic E-state index is 13.9. The lowest BCUT2D eigenvalue weighted by molar-refractivity contribution is 0.0873. The van der Waals surface area contributed by atoms with Crippen molar-refractivity contribution in [2.75, 3.05) is 18.8 Å². The molecule has 4 aromatic rings. The number of carbonyl (C=O) groups excluding carboxylic acids is 1. The van der Waals surface area contributed by atoms with Gasteiger partial charge in [-0.15, -0.1) is 0 Å². The molecular formula is C29H34N4O5S2. The molecule has 0 bridgehead atoms. The number of aliphatic hydroxyl groups excluding tert-OH is 1. The summed E-state index contributed by atoms with van der Waals surface area (Å²) in [4.78, 5) is 17.1. The monoisotopic (exact) mass is 582 g/mol. The van der Waals surface area contributed by atoms with Crippen LogP contribution < -0.4 is 11.1 Å². The quantitative estimate of drug-likeness (QED) is 0.225. The van der Waals surface area contributed by atoms with Gasteiger partial charge in [-0.05, 0) is 35.6 Å². The second-order valence-electron chi connectivity index (χ2n) is 9.94. The maximum absolute atomic E-state index is 13.9. The number of alkyl carbamates (subject to hydrolysis) is 1. The summed E-state index contributed by atoms with van der Waals surface area (Å²) in [5, 5.41) is 14.4. The van der Waals surface area contributed by atoms with Crippen LogP contribution in [0.1, 0.15) is 25.0 Å². The van der Waals surface area contributed by atoms with E-state index in [9.17, 15) is 18.3 Å². The van der Waals surface area contributed by atoms with E-state index in [1.165, 1.54) is 10.4 Å². The average molecular weight is 583 g/mol. The summed E-state index contributed by atoms with van der Waals surface area (Å²) in [6.07, 6.45) is -1.66. The van der Waals surface area contributed by atoms with Gasteiger partial charge >= 0.3 is 6.09 Å². The van der Waals surface area contributed by atoms with Crippen molar-refractivity contribution in [3.05, 3.63) is 90.0 Å². The molecule has 0 saturated heterocycles. The lowest BCUT2D eigenvalue weighted by Gasteiger charge is -2.30. The van der Waals surface area contributed by atoms with Crippen LogP contribution in [0.4, 0.5) is 9.93 Å². The molecule has 1 heterocycles. The highest BCUT2D eigenvalue weighted by Gasteiger charge is 2.33. The number of hydrogen-bond donors (Lipinski definition) is 3. The Hall–Kier alpha value is -3.51. The number of aromatic nitrogens is 1. The van der Waals surface area contributed by atoms with E-state index in [0.29, 0.717) is 10.2 Å². The zero-order chi connectivity index (χ0) is 28.7. The number of carbonyl (C=O) groups is 1. The minimum Gasteiger partial charge on any atom is -0.445 e. The highest BCUT2D eigenvalue weighted by Crippen LogP contribution is 2.32. The van der Waals surface area contributed by atoms with E-state index in [-0.39, 0.29) is 42.1 Å². The van der Waals surface area contributed by atoms with Crippen molar-refractivity contribution in [1.29, 1.82) is 0 Å². The Balaban J connectivity index is 1.57. The van der Waals surface area contributed by atoms with Gasteiger partial charge in [0, 0.05) is 13.1 Å². The van der Waals surface area contributed by atoms with E-state index in [1.54, 1.807) is 12.1 Å². The summed E-state index contributed by atoms with van der Waals surface area (Å²) >= 11 is 1.11. The molecule has 0 saturated carbocycles. The summed E-state index contributed by atoms with van der Waals surface area (Å²) in [5.74, 6) is -0.0240. The first-order valence-electron chi connectivity index (χ1n) is 13.0. The molecule has 3 aromatic carbocycles. The molecule has 0 aliphatic carbocycles. The fourth-order valence-corrected chi connectivity index (χ4v) is 7.26. The largest absolute Gasteiger partial charge is 0.445 e. The Morgan fingerprint density at radius 3 is 2.30 bits per heavy atom. The molecule has 2 atom stereocenters. The highest BCUT2D eigenvalue weighted by atomic mass is 32.2. The average Bonchev–Trinajstić information content (AvgIpc) is 3.32. The van der Waals surface area contributed by atoms with Gasteiger partial charge in [-0.3, -0.25) is 0 Å². The van der Waals surface area contributed by atoms with Crippen LogP contribution in [0.2, 0.25) is 0 Å². The standard InChI is InChI=1S/C29H34N4O5S2/c1-20(2)17-33(40(36,37)26-15-9-14-23-27(26)39-28(30)31-23)18-25(34)24(16-21-10-5-3-6-11-21)32-29(35)38-19-22-12-7-4-8-13-22/h3-15,20,24-25,34H,16-19H2,1-2H3,(H2,30,31)(H,32,35)/t24-,25+/m0/s1. The molecule has 1 aromatic heterocycles. The summed E-state index contributed by atoms with van der Waals surface area (Å²) in [6.45, 7) is 3.81. The number of nitrogens with zero attached hydrogens (tertiary/aromatic N) is 2. The molecule has 0 radical (unpaired) electrons. The molecule has 0 unspecified atom stereocenters. The first-order chi connectivity index (χ1) is 19.1. The number of hydrogen-bond acceptors (Lipinski definition) is 8. The minimum atomic E-state index is -4.04. The van der Waals surface area contributed by atoms with Crippen molar-refractivity contribution in [3.63, 3.8) is 0 Å². The van der Waals surface area contributed by atoms with E-state index in [2.05, 4.69) is 10.3 Å². The molecule has 0 aliphatic heterocycles. The summed E-state index contributed by atoms with van der Waals surface area (Å²) in [6, 6.07) is 22.7. The van der Waals surface area contributed by atoms with Gasteiger partial charge in [0.1, 0.15) is 11.5 Å². The van der Waals surface area contributed by atoms with Crippen LogP contribution in [0.15, 0.2) is 83.8 Å². The lowest BCUT2D eigenvalue weighted by atomic mass is 10.0. The Kier molecular flexibility index (Phi) is 9.75. The molecule has 9 nitrogen and oxygen atoms in total. The highest BCUT2D eigenvalue weighted by molar-refractivity contribution is 7.89. The third-order valence-electron chi connectivity index (χ3n) is 6.25. The van der Waals surface area contributed by atoms with Gasteiger partial charge in [0.05, 0.1) is 22.4 Å². The number of anilines is 1. The molecule has 0 fully saturated rings. The number of nitrogen functional groups attached to an aromatic ring is 1. The van der Waals surface area contributed by atoms with Crippen LogP contribution in [0, 0.1) is 5.92 Å². The third kappa shape index (κ3) is 7.57. The Morgan fingerprint density at radius 1 is 1.00 bits per heavy atom. The first kappa shape index (κ1) is 29.5. The number of fused-ring (bicyclic) bond motifs is 1. The predicted octanol–water partition coefficient (Wildman–Crippen LogP) is 4.42. The van der Waals surface area contributed by atoms with E-state index >= 15 is 0 Å². The zero-order valence-corrected chi connectivity index (χ0v) is 24.1. The number of benzene rings is 3. The van der Waals surface area contributed by atoms with Crippen LogP contribution in [0.25, 0.3) is 10.2 Å². The molecule has 4 N–H and O–H groups in total. The second kappa shape index (κ2) is 13.2. The minimum absolute atomic E-state index is 0.0240. The van der Waals surface area contributed by atoms with Gasteiger partial charge in [-0.2, -0.15) is 4.31 Å². The Bertz CT molecular complexity index is 1510. The molecule has 4 rings (SSSR count). The number of nitrogens with two attached hydrogens (primary N) is 1. The number of aliphatic hydroxyl groups is 1. The van der Waals surface area contributed by atoms with E-state index in [1.807, 2.05) is 74.5 Å². The van der Waals surface area contributed by atoms with Crippen molar-refractivity contribution >= 4 is 42.8 Å². The molecule has 212 valence electrons. The molecule has 0 spiro atoms. The van der Waals surface area contributed by atoms with Crippen LogP contribution in [-0.2, 0) is 27.8 Å². The van der Waals surface area contributed by atoms with Crippen molar-refractivity contribution in [1.82, 2.24) is 14.6 Å². The second-order valence-corrected chi connectivity index (χ2v) is 12.9. The Labute approximate surface area is 238 Å². The first-order valence-corrected chi connectivity index (χ1v) is 15.2. The van der Waals surface area contributed by atoms with E-state index in [0.717, 1.165) is 22.5 Å². The van der Waals surface area contributed by atoms with Gasteiger partial charge in [-0.25, -0.2) is 18.2 Å². The van der Waals surface area contributed by atoms with Gasteiger partial charge in [0.15, 0.2) is 5.13 Å². The van der Waals surface area contributed by atoms with Crippen LogP contribution >= 0.6 is 11.3 Å². The maximum Gasteiger partial charge on any atom is 0.407 e. The van der Waals surface area contributed by atoms with E-state index < -0.39 is 28.3 Å². The number of rotatable bonds is 12. The molecule has 1 amide bonds. The van der Waals surface area contributed by atoms with Crippen molar-refractivity contribution in [3.8, 4) is 0 Å². The predicted molar refractivity (Wildman–Crippen MR) is 157 cm³/mol. The summed E-state index contributed by atoms with van der Waals surface area (Å²) in [5.41, 5.74) is 8.06. The van der Waals surface area contributed by atoms with Gasteiger partial charge < -0.3 is 20.9 Å². The number of ether oxygens (including phenoxy) is 1. The number of amides is 1. The van der Waals surface area contributed by atoms with Gasteiger partial charge in [0.2, 0.25) is 10.0 Å². The van der Waals surface area contributed by atoms with Gasteiger partial charge in [-0.1, -0.05) is 91.9 Å². The molecule has 40 heavy (non-hydrogen) atoms. The normalized spacial score (nSPS) is 13.4. The molecular weight excluding hydrogens is 548 g/mol. The molecule has 11 heteroatoms. The topological polar surface area (TPSA) is 135 Å². The fourth-order valence-electron chi connectivity index (χ4n) is 4.36. The number of nitrogens with one attached hydrogen (secondary N) is 1. The van der Waals surface area contributed by atoms with Crippen molar-refractivity contribution in [2.24, 2.45) is 5.92 Å². The summed E-state index contributed by atoms with van der Waals surface area (Å²) < 4.78 is 35.0. The number of sulfonamides is 1. The van der Waals surface area contributed by atoms with Crippen LogP contribution in [-0.4, -0.2) is 54.1 Å². The van der Waals surface area contributed by atoms with Crippen molar-refractivity contribution < 1.29 is 23.1 Å². The zero-order valence-electron chi connectivity index (χ0n) is 22.4. The smallest absolute Gasteiger partial charge is 0.407 e.